The molecule has 0 aliphatic heterocycles. The summed E-state index contributed by atoms with van der Waals surface area (Å²) in [6, 6.07) is 74.1. The zero-order chi connectivity index (χ0) is 37.9. The van der Waals surface area contributed by atoms with Crippen LogP contribution in [0.25, 0.3) is 113 Å². The molecular weight excluding hydrogens is 770 g/mol. The van der Waals surface area contributed by atoms with Crippen molar-refractivity contribution in [3.8, 4) is 28.2 Å². The van der Waals surface area contributed by atoms with Gasteiger partial charge in [-0.2, -0.15) is 0 Å². The molecule has 270 valence electrons. The van der Waals surface area contributed by atoms with Gasteiger partial charge < -0.3 is 4.57 Å². The first-order valence-corrected chi connectivity index (χ1v) is 21.6. The molecule has 0 aliphatic carbocycles. The molecule has 4 heteroatoms. The molecule has 4 aromatic heterocycles. The number of fused-ring (bicyclic) bond motifs is 12. The summed E-state index contributed by atoms with van der Waals surface area (Å²) in [6.45, 7) is 0. The van der Waals surface area contributed by atoms with Crippen LogP contribution >= 0.6 is 0 Å². The molecule has 0 saturated heterocycles. The van der Waals surface area contributed by atoms with E-state index in [-0.39, 0.29) is 14.5 Å². The molecule has 0 spiro atoms. The Morgan fingerprint density at radius 2 is 0.810 bits per heavy atom. The van der Waals surface area contributed by atoms with E-state index in [0.29, 0.717) is 0 Å². The normalized spacial score (nSPS) is 12.1. The first-order chi connectivity index (χ1) is 28.8. The van der Waals surface area contributed by atoms with E-state index in [0.717, 1.165) is 5.69 Å². The molecule has 9 aromatic carbocycles. The van der Waals surface area contributed by atoms with Crippen molar-refractivity contribution in [3.05, 3.63) is 200 Å². The quantitative estimate of drug-likeness (QED) is 0.158. The third-order valence-electron chi connectivity index (χ3n) is 12.2. The van der Waals surface area contributed by atoms with Crippen molar-refractivity contribution >= 4 is 99.2 Å². The third-order valence-corrected chi connectivity index (χ3v) is 14.6. The van der Waals surface area contributed by atoms with Gasteiger partial charge in [-0.05, 0) is 12.1 Å². The molecule has 0 atom stereocenters. The Kier molecular flexibility index (Phi) is 6.74. The van der Waals surface area contributed by atoms with Gasteiger partial charge in [0, 0.05) is 10.8 Å². The molecule has 0 bridgehead atoms. The standard InChI is InChI=1S/C54H33N3Se/c1-2-13-34(14-3-1)35-25-30-52-44(31-35)54-50(23-12-24-53(54)58-52)57-48-22-11-6-17-40(48)42-28-26-37(33-51(42)57)56-47-21-10-7-18-41(47)43-32-36(27-29-49(43)56)55-45-19-8-4-15-38(45)39-16-5-9-20-46(39)55/h1-33H. The second kappa shape index (κ2) is 12.2. The summed E-state index contributed by atoms with van der Waals surface area (Å²) in [7, 11) is 0. The molecule has 0 unspecified atom stereocenters. The van der Waals surface area contributed by atoms with Gasteiger partial charge in [-0.3, -0.25) is 0 Å². The van der Waals surface area contributed by atoms with Crippen LogP contribution in [0.4, 0.5) is 0 Å². The van der Waals surface area contributed by atoms with Crippen LogP contribution in [-0.4, -0.2) is 28.2 Å². The van der Waals surface area contributed by atoms with Gasteiger partial charge in [-0.25, -0.2) is 0 Å². The number of aromatic nitrogens is 3. The first-order valence-electron chi connectivity index (χ1n) is 19.8. The van der Waals surface area contributed by atoms with Crippen molar-refractivity contribution in [2.45, 2.75) is 0 Å². The van der Waals surface area contributed by atoms with Crippen molar-refractivity contribution in [1.29, 1.82) is 0 Å². The maximum atomic E-state index is 2.53. The number of para-hydroxylation sites is 4. The Bertz CT molecular complexity index is 3750. The van der Waals surface area contributed by atoms with Crippen molar-refractivity contribution in [1.82, 2.24) is 13.7 Å². The van der Waals surface area contributed by atoms with Crippen LogP contribution in [0.2, 0.25) is 0 Å². The molecule has 0 aliphatic rings. The van der Waals surface area contributed by atoms with Crippen molar-refractivity contribution in [3.63, 3.8) is 0 Å². The second-order valence-electron chi connectivity index (χ2n) is 15.3. The van der Waals surface area contributed by atoms with Crippen LogP contribution in [0.5, 0.6) is 0 Å². The van der Waals surface area contributed by atoms with E-state index in [2.05, 4.69) is 214 Å². The summed E-state index contributed by atoms with van der Waals surface area (Å²) >= 11 is 0.237. The van der Waals surface area contributed by atoms with E-state index in [1.165, 1.54) is 107 Å². The Hall–Kier alpha value is -7.10. The van der Waals surface area contributed by atoms with E-state index in [1.54, 1.807) is 0 Å². The predicted molar refractivity (Wildman–Crippen MR) is 247 cm³/mol. The summed E-state index contributed by atoms with van der Waals surface area (Å²) < 4.78 is 10.3. The van der Waals surface area contributed by atoms with E-state index in [9.17, 15) is 0 Å². The van der Waals surface area contributed by atoms with E-state index in [4.69, 9.17) is 0 Å². The Labute approximate surface area is 339 Å². The fraction of sp³-hybridized carbons (Fsp3) is 0. The van der Waals surface area contributed by atoms with Crippen LogP contribution < -0.4 is 0 Å². The zero-order valence-electron chi connectivity index (χ0n) is 31.3. The molecular formula is C54H33N3Se. The summed E-state index contributed by atoms with van der Waals surface area (Å²) in [5.74, 6) is 0. The van der Waals surface area contributed by atoms with Gasteiger partial charge >= 0.3 is 266 Å². The number of hydrogen-bond acceptors (Lipinski definition) is 0. The minimum atomic E-state index is 0.237. The predicted octanol–water partition coefficient (Wildman–Crippen LogP) is 14.0. The average Bonchev–Trinajstić information content (AvgIpc) is 4.02. The van der Waals surface area contributed by atoms with Gasteiger partial charge in [0.15, 0.2) is 0 Å². The Balaban J connectivity index is 1.06. The fourth-order valence-corrected chi connectivity index (χ4v) is 12.1. The zero-order valence-corrected chi connectivity index (χ0v) is 33.0. The number of hydrogen-bond donors (Lipinski definition) is 0. The van der Waals surface area contributed by atoms with Gasteiger partial charge in [-0.1, -0.05) is 36.4 Å². The number of rotatable bonds is 4. The summed E-state index contributed by atoms with van der Waals surface area (Å²) in [4.78, 5) is 0. The molecule has 58 heavy (non-hydrogen) atoms. The van der Waals surface area contributed by atoms with Crippen LogP contribution in [0.1, 0.15) is 0 Å². The monoisotopic (exact) mass is 803 g/mol. The van der Waals surface area contributed by atoms with Crippen molar-refractivity contribution < 1.29 is 0 Å². The van der Waals surface area contributed by atoms with Crippen molar-refractivity contribution in [2.75, 3.05) is 0 Å². The van der Waals surface area contributed by atoms with Gasteiger partial charge in [0.2, 0.25) is 0 Å². The topological polar surface area (TPSA) is 14.8 Å². The van der Waals surface area contributed by atoms with Gasteiger partial charge in [0.1, 0.15) is 0 Å². The number of nitrogens with zero attached hydrogens (tertiary/aromatic N) is 3. The summed E-state index contributed by atoms with van der Waals surface area (Å²) in [5, 5.41) is 10.3. The van der Waals surface area contributed by atoms with Crippen LogP contribution in [0.15, 0.2) is 200 Å². The van der Waals surface area contributed by atoms with Gasteiger partial charge in [0.25, 0.3) is 0 Å². The molecule has 0 fully saturated rings. The molecule has 0 N–H and O–H groups in total. The maximum absolute atomic E-state index is 2.53. The van der Waals surface area contributed by atoms with E-state index in [1.807, 2.05) is 0 Å². The van der Waals surface area contributed by atoms with Gasteiger partial charge in [-0.15, -0.1) is 0 Å². The van der Waals surface area contributed by atoms with Crippen LogP contribution in [0.3, 0.4) is 0 Å². The van der Waals surface area contributed by atoms with E-state index < -0.39 is 0 Å². The van der Waals surface area contributed by atoms with Crippen LogP contribution in [-0.2, 0) is 0 Å². The average molecular weight is 803 g/mol. The van der Waals surface area contributed by atoms with Gasteiger partial charge in [0.05, 0.1) is 11.0 Å². The van der Waals surface area contributed by atoms with Crippen molar-refractivity contribution in [2.24, 2.45) is 0 Å². The summed E-state index contributed by atoms with van der Waals surface area (Å²) in [6.07, 6.45) is 0. The first kappa shape index (κ1) is 32.0. The molecule has 0 amide bonds. The SMILES string of the molecule is c1ccc(-c2ccc3[se]c4cccc(-n5c6ccccc6c6ccc(-n7c8ccccc8c8cc(-n9c%10ccccc%10c%10ccccc%109)ccc87)cc65)c4c3c2)cc1. The van der Waals surface area contributed by atoms with Crippen LogP contribution in [0, 0.1) is 0 Å². The Morgan fingerprint density at radius 3 is 1.48 bits per heavy atom. The fourth-order valence-electron chi connectivity index (χ4n) is 9.74. The molecule has 0 saturated carbocycles. The van der Waals surface area contributed by atoms with E-state index >= 15 is 0 Å². The summed E-state index contributed by atoms with van der Waals surface area (Å²) in [5.41, 5.74) is 13.3. The molecule has 4 heterocycles. The molecule has 0 radical (unpaired) electrons. The molecule has 3 nitrogen and oxygen atoms in total. The second-order valence-corrected chi connectivity index (χ2v) is 17.6. The number of benzene rings is 9. The third kappa shape index (κ3) is 4.50. The molecule has 13 aromatic rings. The molecule has 13 rings (SSSR count). The minimum absolute atomic E-state index is 0.237. The Morgan fingerprint density at radius 1 is 0.276 bits per heavy atom.